The number of anilines is 1. The molecule has 0 aliphatic rings. The molecule has 0 atom stereocenters. The zero-order chi connectivity index (χ0) is 15.8. The molecule has 21 heavy (non-hydrogen) atoms. The first kappa shape index (κ1) is 17.0. The van der Waals surface area contributed by atoms with Gasteiger partial charge < -0.3 is 9.84 Å². The van der Waals surface area contributed by atoms with Gasteiger partial charge in [0.25, 0.3) is 0 Å². The van der Waals surface area contributed by atoms with Crippen molar-refractivity contribution in [2.24, 2.45) is 5.10 Å². The molecule has 0 heterocycles. The summed E-state index contributed by atoms with van der Waals surface area (Å²) in [6.45, 7) is 2.03. The van der Waals surface area contributed by atoms with E-state index in [4.69, 9.17) is 33.0 Å². The first-order valence-electron chi connectivity index (χ1n) is 5.80. The van der Waals surface area contributed by atoms with Crippen LogP contribution in [0.25, 0.3) is 0 Å². The Kier molecular flexibility index (Phi) is 6.71. The quantitative estimate of drug-likeness (QED) is 0.362. The Morgan fingerprint density at radius 3 is 2.48 bits per heavy atom. The number of nitrogens with zero attached hydrogens (tertiary/aromatic N) is 1. The van der Waals surface area contributed by atoms with Crippen LogP contribution in [0.3, 0.4) is 0 Å². The average molecular weight is 331 g/mol. The molecule has 0 saturated heterocycles. The number of rotatable bonds is 6. The number of carboxylic acids is 1. The fraction of sp³-hybridized carbons (Fsp3) is 0.154. The molecule has 0 saturated carbocycles. The van der Waals surface area contributed by atoms with Gasteiger partial charge in [0.05, 0.1) is 29.1 Å². The third-order valence-electron chi connectivity index (χ3n) is 2.17. The van der Waals surface area contributed by atoms with Crippen LogP contribution in [0.1, 0.15) is 17.3 Å². The van der Waals surface area contributed by atoms with Crippen LogP contribution in [0.15, 0.2) is 39.4 Å². The van der Waals surface area contributed by atoms with Crippen LogP contribution in [0.2, 0.25) is 0 Å². The highest BCUT2D eigenvalue weighted by Gasteiger charge is 2.08. The number of halogens is 2. The van der Waals surface area contributed by atoms with Crippen molar-refractivity contribution in [2.75, 3.05) is 12.0 Å². The lowest BCUT2D eigenvalue weighted by molar-refractivity contribution is -0.131. The van der Waals surface area contributed by atoms with E-state index in [1.54, 1.807) is 31.2 Å². The number of ether oxygens (including phenoxy) is 1. The Bertz CT molecular complexity index is 582. The molecule has 6 nitrogen and oxygen atoms in total. The molecule has 0 amide bonds. The predicted octanol–water partition coefficient (Wildman–Crippen LogP) is 3.03. The molecule has 0 bridgehead atoms. The van der Waals surface area contributed by atoms with E-state index in [1.807, 2.05) is 0 Å². The van der Waals surface area contributed by atoms with Crippen molar-refractivity contribution >= 4 is 47.0 Å². The minimum atomic E-state index is -1.34. The summed E-state index contributed by atoms with van der Waals surface area (Å²) < 4.78 is 4.85. The van der Waals surface area contributed by atoms with E-state index in [0.29, 0.717) is 17.9 Å². The molecular formula is C13H12Cl2N2O4. The summed E-state index contributed by atoms with van der Waals surface area (Å²) >= 11 is 11.0. The molecule has 0 fully saturated rings. The number of hydrogen-bond acceptors (Lipinski definition) is 5. The molecule has 1 aromatic carbocycles. The minimum absolute atomic E-state index is 0.209. The van der Waals surface area contributed by atoms with Crippen molar-refractivity contribution in [1.82, 2.24) is 0 Å². The van der Waals surface area contributed by atoms with Crippen LogP contribution in [0.4, 0.5) is 5.69 Å². The van der Waals surface area contributed by atoms with E-state index in [0.717, 1.165) is 6.21 Å². The number of carbonyl (C=O) groups excluding carboxylic acids is 1. The zero-order valence-electron chi connectivity index (χ0n) is 11.0. The second kappa shape index (κ2) is 8.28. The smallest absolute Gasteiger partial charge is 0.348 e. The van der Waals surface area contributed by atoms with Crippen molar-refractivity contribution in [3.63, 3.8) is 0 Å². The Hall–Kier alpha value is -2.05. The Morgan fingerprint density at radius 2 is 1.95 bits per heavy atom. The molecule has 0 aromatic heterocycles. The van der Waals surface area contributed by atoms with Crippen molar-refractivity contribution in [2.45, 2.75) is 6.92 Å². The van der Waals surface area contributed by atoms with Gasteiger partial charge in [-0.3, -0.25) is 5.43 Å². The number of carbonyl (C=O) groups is 2. The monoisotopic (exact) mass is 330 g/mol. The molecule has 8 heteroatoms. The van der Waals surface area contributed by atoms with Crippen molar-refractivity contribution < 1.29 is 19.4 Å². The van der Waals surface area contributed by atoms with Gasteiger partial charge in [-0.2, -0.15) is 5.10 Å². The molecule has 112 valence electrons. The lowest BCUT2D eigenvalue weighted by atomic mass is 10.2. The van der Waals surface area contributed by atoms with Crippen molar-refractivity contribution in [3.05, 3.63) is 39.9 Å². The highest BCUT2D eigenvalue weighted by atomic mass is 35.5. The molecular weight excluding hydrogens is 319 g/mol. The molecule has 1 aromatic rings. The molecule has 0 aliphatic heterocycles. The van der Waals surface area contributed by atoms with E-state index in [-0.39, 0.29) is 5.03 Å². The molecule has 2 N–H and O–H groups in total. The number of allylic oxidation sites excluding steroid dienone is 1. The largest absolute Gasteiger partial charge is 0.477 e. The lowest BCUT2D eigenvalue weighted by Gasteiger charge is -2.03. The minimum Gasteiger partial charge on any atom is -0.477 e. The van der Waals surface area contributed by atoms with Crippen LogP contribution in [-0.4, -0.2) is 29.9 Å². The van der Waals surface area contributed by atoms with Crippen LogP contribution in [-0.2, 0) is 9.53 Å². The van der Waals surface area contributed by atoms with E-state index in [9.17, 15) is 9.59 Å². The normalized spacial score (nSPS) is 12.0. The Labute approximate surface area is 131 Å². The van der Waals surface area contributed by atoms with Crippen LogP contribution in [0.5, 0.6) is 0 Å². The van der Waals surface area contributed by atoms with Gasteiger partial charge in [0.15, 0.2) is 0 Å². The summed E-state index contributed by atoms with van der Waals surface area (Å²) in [6, 6.07) is 6.36. The standard InChI is InChI=1S/C13H12Cl2N2O4/c1-2-21-13(20)8-3-5-9(6-4-8)17-16-7-10(14)11(15)12(18)19/h3-7,17H,2H2,1H3,(H,18,19)/b11-10-,16-7+. The Morgan fingerprint density at radius 1 is 1.33 bits per heavy atom. The number of carboxylic acid groups (broad SMARTS) is 1. The maximum atomic E-state index is 11.4. The van der Waals surface area contributed by atoms with Gasteiger partial charge in [-0.05, 0) is 31.2 Å². The maximum Gasteiger partial charge on any atom is 0.348 e. The Balaban J connectivity index is 2.67. The maximum absolute atomic E-state index is 11.4. The highest BCUT2D eigenvalue weighted by Crippen LogP contribution is 2.13. The van der Waals surface area contributed by atoms with Crippen LogP contribution >= 0.6 is 23.2 Å². The van der Waals surface area contributed by atoms with Gasteiger partial charge in [0.1, 0.15) is 5.03 Å². The summed E-state index contributed by atoms with van der Waals surface area (Å²) in [6.07, 6.45) is 1.07. The van der Waals surface area contributed by atoms with Gasteiger partial charge in [-0.25, -0.2) is 9.59 Å². The van der Waals surface area contributed by atoms with E-state index < -0.39 is 17.0 Å². The van der Waals surface area contributed by atoms with Crippen molar-refractivity contribution in [1.29, 1.82) is 0 Å². The topological polar surface area (TPSA) is 88.0 Å². The van der Waals surface area contributed by atoms with E-state index >= 15 is 0 Å². The number of aliphatic carboxylic acids is 1. The van der Waals surface area contributed by atoms with Crippen LogP contribution in [0, 0.1) is 0 Å². The highest BCUT2D eigenvalue weighted by molar-refractivity contribution is 6.51. The SMILES string of the molecule is CCOC(=O)c1ccc(N/N=C/C(Cl)=C(/Cl)C(=O)O)cc1. The number of nitrogens with one attached hydrogen (secondary N) is 1. The van der Waals surface area contributed by atoms with Gasteiger partial charge >= 0.3 is 11.9 Å². The van der Waals surface area contributed by atoms with Crippen molar-refractivity contribution in [3.8, 4) is 0 Å². The average Bonchev–Trinajstić information content (AvgIpc) is 2.47. The number of hydrogen-bond donors (Lipinski definition) is 2. The third kappa shape index (κ3) is 5.45. The first-order chi connectivity index (χ1) is 9.95. The predicted molar refractivity (Wildman–Crippen MR) is 80.9 cm³/mol. The van der Waals surface area contributed by atoms with Crippen LogP contribution < -0.4 is 5.43 Å². The lowest BCUT2D eigenvalue weighted by Crippen LogP contribution is -2.04. The molecule has 0 aliphatic carbocycles. The van der Waals surface area contributed by atoms with Gasteiger partial charge in [0, 0.05) is 0 Å². The van der Waals surface area contributed by atoms with Gasteiger partial charge in [0.2, 0.25) is 0 Å². The zero-order valence-corrected chi connectivity index (χ0v) is 12.5. The molecule has 1 rings (SSSR count). The number of hydrazone groups is 1. The van der Waals surface area contributed by atoms with Gasteiger partial charge in [-0.15, -0.1) is 0 Å². The fourth-order valence-electron chi connectivity index (χ4n) is 1.22. The summed E-state index contributed by atoms with van der Waals surface area (Å²) in [5.41, 5.74) is 3.61. The third-order valence-corrected chi connectivity index (χ3v) is 2.91. The summed E-state index contributed by atoms with van der Waals surface area (Å²) in [4.78, 5) is 22.0. The summed E-state index contributed by atoms with van der Waals surface area (Å²) in [5.74, 6) is -1.75. The molecule has 0 radical (unpaired) electrons. The second-order valence-corrected chi connectivity index (χ2v) is 4.42. The van der Waals surface area contributed by atoms with E-state index in [1.165, 1.54) is 0 Å². The summed E-state index contributed by atoms with van der Waals surface area (Å²) in [5, 5.41) is 11.6. The first-order valence-corrected chi connectivity index (χ1v) is 6.56. The van der Waals surface area contributed by atoms with E-state index in [2.05, 4.69) is 10.5 Å². The van der Waals surface area contributed by atoms with Gasteiger partial charge in [-0.1, -0.05) is 23.2 Å². The molecule has 0 spiro atoms. The number of esters is 1. The molecule has 0 unspecified atom stereocenters. The fourth-order valence-corrected chi connectivity index (χ4v) is 1.40. The summed E-state index contributed by atoms with van der Waals surface area (Å²) in [7, 11) is 0. The second-order valence-electron chi connectivity index (χ2n) is 3.63. The number of benzene rings is 1.